The molecule has 0 atom stereocenters. The van der Waals surface area contributed by atoms with Crippen LogP contribution in [0.15, 0.2) is 36.4 Å². The lowest BCUT2D eigenvalue weighted by molar-refractivity contribution is 0.354. The highest BCUT2D eigenvalue weighted by Crippen LogP contribution is 2.37. The molecule has 0 bridgehead atoms. The lowest BCUT2D eigenvalue weighted by Crippen LogP contribution is -2.13. The average molecular weight is 308 g/mol. The zero-order valence-electron chi connectivity index (χ0n) is 12.0. The molecule has 0 unspecified atom stereocenters. The van der Waals surface area contributed by atoms with Crippen LogP contribution in [0.4, 0.5) is 0 Å². The second-order valence-electron chi connectivity index (χ2n) is 4.51. The Morgan fingerprint density at radius 1 is 1.00 bits per heavy atom. The van der Waals surface area contributed by atoms with Gasteiger partial charge in [0.2, 0.25) is 0 Å². The molecule has 0 spiro atoms. The van der Waals surface area contributed by atoms with Crippen LogP contribution >= 0.6 is 11.6 Å². The van der Waals surface area contributed by atoms with Crippen LogP contribution in [0.5, 0.6) is 17.2 Å². The molecule has 0 aliphatic rings. The van der Waals surface area contributed by atoms with Crippen LogP contribution in [0.1, 0.15) is 11.1 Å². The van der Waals surface area contributed by atoms with Crippen LogP contribution < -0.4 is 14.8 Å². The number of benzene rings is 2. The van der Waals surface area contributed by atoms with Gasteiger partial charge in [0.05, 0.1) is 19.2 Å². The van der Waals surface area contributed by atoms with E-state index in [1.54, 1.807) is 26.4 Å². The van der Waals surface area contributed by atoms with Gasteiger partial charge in [-0.1, -0.05) is 35.9 Å². The fourth-order valence-electron chi connectivity index (χ4n) is 2.06. The highest BCUT2D eigenvalue weighted by Gasteiger charge is 2.12. The molecule has 112 valence electrons. The molecule has 0 aliphatic heterocycles. The number of rotatable bonds is 6. The first-order valence-electron chi connectivity index (χ1n) is 6.54. The monoisotopic (exact) mass is 307 g/mol. The maximum atomic E-state index is 9.71. The Kier molecular flexibility index (Phi) is 5.31. The van der Waals surface area contributed by atoms with Crippen molar-refractivity contribution in [1.82, 2.24) is 5.32 Å². The van der Waals surface area contributed by atoms with E-state index in [0.717, 1.165) is 11.1 Å². The minimum Gasteiger partial charge on any atom is -0.508 e. The summed E-state index contributed by atoms with van der Waals surface area (Å²) < 4.78 is 10.5. The van der Waals surface area contributed by atoms with Gasteiger partial charge in [0, 0.05) is 18.7 Å². The first kappa shape index (κ1) is 15.5. The molecule has 0 heterocycles. The summed E-state index contributed by atoms with van der Waals surface area (Å²) in [7, 11) is 3.13. The second-order valence-corrected chi connectivity index (χ2v) is 4.88. The molecule has 0 saturated heterocycles. The molecular weight excluding hydrogens is 290 g/mol. The van der Waals surface area contributed by atoms with E-state index in [1.165, 1.54) is 0 Å². The van der Waals surface area contributed by atoms with Gasteiger partial charge < -0.3 is 19.9 Å². The van der Waals surface area contributed by atoms with Crippen LogP contribution in [-0.4, -0.2) is 19.3 Å². The van der Waals surface area contributed by atoms with Gasteiger partial charge in [-0.2, -0.15) is 0 Å². The number of phenols is 1. The maximum absolute atomic E-state index is 9.71. The minimum absolute atomic E-state index is 0.281. The second kappa shape index (κ2) is 7.20. The summed E-state index contributed by atoms with van der Waals surface area (Å²) in [5.41, 5.74) is 1.75. The standard InChI is InChI=1S/C16H18ClNO3/c1-20-14-8-7-12(15(17)16(14)21-2)10-18-9-11-5-3-4-6-13(11)19/h3-8,18-19H,9-10H2,1-2H3. The summed E-state index contributed by atoms with van der Waals surface area (Å²) in [5, 5.41) is 13.5. The van der Waals surface area contributed by atoms with Crippen LogP contribution in [0.25, 0.3) is 0 Å². The number of ether oxygens (including phenoxy) is 2. The molecule has 0 fully saturated rings. The average Bonchev–Trinajstić information content (AvgIpc) is 2.50. The highest BCUT2D eigenvalue weighted by molar-refractivity contribution is 6.33. The van der Waals surface area contributed by atoms with Gasteiger partial charge in [0.1, 0.15) is 5.75 Å². The molecule has 4 nitrogen and oxygen atoms in total. The summed E-state index contributed by atoms with van der Waals surface area (Å²) >= 11 is 6.31. The molecule has 0 aliphatic carbocycles. The third-order valence-corrected chi connectivity index (χ3v) is 3.60. The summed E-state index contributed by atoms with van der Waals surface area (Å²) in [4.78, 5) is 0. The van der Waals surface area contributed by atoms with Gasteiger partial charge in [-0.25, -0.2) is 0 Å². The maximum Gasteiger partial charge on any atom is 0.179 e. The Labute approximate surface area is 129 Å². The van der Waals surface area contributed by atoms with Crippen molar-refractivity contribution in [2.24, 2.45) is 0 Å². The van der Waals surface area contributed by atoms with E-state index in [9.17, 15) is 5.11 Å². The molecule has 2 aromatic carbocycles. The van der Waals surface area contributed by atoms with Gasteiger partial charge in [0.25, 0.3) is 0 Å². The number of aromatic hydroxyl groups is 1. The first-order valence-corrected chi connectivity index (χ1v) is 6.92. The Morgan fingerprint density at radius 2 is 1.71 bits per heavy atom. The normalized spacial score (nSPS) is 10.4. The summed E-state index contributed by atoms with van der Waals surface area (Å²) in [5.74, 6) is 1.41. The molecule has 0 amide bonds. The van der Waals surface area contributed by atoms with Gasteiger partial charge in [0.15, 0.2) is 11.5 Å². The van der Waals surface area contributed by atoms with Crippen LogP contribution in [-0.2, 0) is 13.1 Å². The van der Waals surface area contributed by atoms with Crippen molar-refractivity contribution in [2.75, 3.05) is 14.2 Å². The molecule has 21 heavy (non-hydrogen) atoms. The van der Waals surface area contributed by atoms with E-state index in [2.05, 4.69) is 5.32 Å². The van der Waals surface area contributed by atoms with Gasteiger partial charge in [-0.05, 0) is 17.7 Å². The van der Waals surface area contributed by atoms with Crippen molar-refractivity contribution in [3.05, 3.63) is 52.5 Å². The van der Waals surface area contributed by atoms with Crippen LogP contribution in [0.3, 0.4) is 0 Å². The molecular formula is C16H18ClNO3. The first-order chi connectivity index (χ1) is 10.2. The number of phenolic OH excluding ortho intramolecular Hbond substituents is 1. The molecule has 0 aromatic heterocycles. The zero-order valence-corrected chi connectivity index (χ0v) is 12.8. The lowest BCUT2D eigenvalue weighted by atomic mass is 10.1. The van der Waals surface area contributed by atoms with Crippen molar-refractivity contribution in [3.63, 3.8) is 0 Å². The number of para-hydroxylation sites is 1. The number of hydrogen-bond acceptors (Lipinski definition) is 4. The molecule has 0 saturated carbocycles. The van der Waals surface area contributed by atoms with E-state index < -0.39 is 0 Å². The van der Waals surface area contributed by atoms with Crippen molar-refractivity contribution in [1.29, 1.82) is 0 Å². The highest BCUT2D eigenvalue weighted by atomic mass is 35.5. The minimum atomic E-state index is 0.281. The number of hydrogen-bond donors (Lipinski definition) is 2. The van der Waals surface area contributed by atoms with Crippen LogP contribution in [0, 0.1) is 0 Å². The number of halogens is 1. The Hall–Kier alpha value is -1.91. The van der Waals surface area contributed by atoms with E-state index in [0.29, 0.717) is 29.6 Å². The summed E-state index contributed by atoms with van der Waals surface area (Å²) in [6.45, 7) is 1.12. The molecule has 2 aromatic rings. The van der Waals surface area contributed by atoms with E-state index in [4.69, 9.17) is 21.1 Å². The topological polar surface area (TPSA) is 50.7 Å². The van der Waals surface area contributed by atoms with Gasteiger partial charge in [-0.3, -0.25) is 0 Å². The van der Waals surface area contributed by atoms with E-state index in [1.807, 2.05) is 24.3 Å². The SMILES string of the molecule is COc1ccc(CNCc2ccccc2O)c(Cl)c1OC. The van der Waals surface area contributed by atoms with Gasteiger partial charge >= 0.3 is 0 Å². The Bertz CT molecular complexity index is 616. The molecule has 0 radical (unpaired) electrons. The number of nitrogens with one attached hydrogen (secondary N) is 1. The van der Waals surface area contributed by atoms with Crippen LogP contribution in [0.2, 0.25) is 5.02 Å². The fourth-order valence-corrected chi connectivity index (χ4v) is 2.36. The quantitative estimate of drug-likeness (QED) is 0.859. The fraction of sp³-hybridized carbons (Fsp3) is 0.250. The number of methoxy groups -OCH3 is 2. The molecule has 5 heteroatoms. The van der Waals surface area contributed by atoms with E-state index in [-0.39, 0.29) is 5.75 Å². The van der Waals surface area contributed by atoms with Crippen molar-refractivity contribution < 1.29 is 14.6 Å². The largest absolute Gasteiger partial charge is 0.508 e. The Balaban J connectivity index is 2.05. The third-order valence-electron chi connectivity index (χ3n) is 3.19. The Morgan fingerprint density at radius 3 is 2.38 bits per heavy atom. The van der Waals surface area contributed by atoms with Crippen molar-refractivity contribution in [2.45, 2.75) is 13.1 Å². The lowest BCUT2D eigenvalue weighted by Gasteiger charge is -2.13. The van der Waals surface area contributed by atoms with Crippen molar-refractivity contribution >= 4 is 11.6 Å². The summed E-state index contributed by atoms with van der Waals surface area (Å²) in [6, 6.07) is 10.9. The van der Waals surface area contributed by atoms with Crippen molar-refractivity contribution in [3.8, 4) is 17.2 Å². The third kappa shape index (κ3) is 3.60. The van der Waals surface area contributed by atoms with Gasteiger partial charge in [-0.15, -0.1) is 0 Å². The zero-order chi connectivity index (χ0) is 15.2. The smallest absolute Gasteiger partial charge is 0.179 e. The molecule has 2 N–H and O–H groups in total. The predicted octanol–water partition coefficient (Wildman–Crippen LogP) is 3.35. The summed E-state index contributed by atoms with van der Waals surface area (Å²) in [6.07, 6.45) is 0. The predicted molar refractivity (Wildman–Crippen MR) is 83.2 cm³/mol. The molecule has 2 rings (SSSR count). The van der Waals surface area contributed by atoms with E-state index >= 15 is 0 Å².